The molecule has 2 saturated carbocycles. The molecule has 176 valence electrons. The molecule has 0 aromatic carbocycles. The third kappa shape index (κ3) is 6.31. The number of hydrogen-bond acceptors (Lipinski definition) is 5. The predicted octanol–water partition coefficient (Wildman–Crippen LogP) is 1.39. The Hall–Kier alpha value is -1.88. The first-order valence-corrected chi connectivity index (χ1v) is 10.7. The highest BCUT2D eigenvalue weighted by Gasteiger charge is 2.51. The second-order valence-electron chi connectivity index (χ2n) is 9.12. The van der Waals surface area contributed by atoms with Crippen LogP contribution < -0.4 is 5.32 Å². The van der Waals surface area contributed by atoms with Crippen molar-refractivity contribution in [3.05, 3.63) is 0 Å². The molecule has 1 unspecified atom stereocenters. The fraction of sp³-hybridized carbons (Fsp3) is 0.850. The minimum Gasteiger partial charge on any atom is -0.475 e. The first-order chi connectivity index (χ1) is 14.5. The smallest absolute Gasteiger partial charge is 0.475 e. The first kappa shape index (κ1) is 23.8. The summed E-state index contributed by atoms with van der Waals surface area (Å²) in [5.41, 5.74) is -0.252. The molecule has 8 nitrogen and oxygen atoms in total. The molecule has 2 aliphatic carbocycles. The number of ether oxygens (including phenoxy) is 1. The lowest BCUT2D eigenvalue weighted by molar-refractivity contribution is -0.201. The highest BCUT2D eigenvalue weighted by Crippen LogP contribution is 2.36. The molecular weight excluding hydrogens is 419 g/mol. The summed E-state index contributed by atoms with van der Waals surface area (Å²) >= 11 is 0. The number of amides is 2. The monoisotopic (exact) mass is 449 g/mol. The van der Waals surface area contributed by atoms with Gasteiger partial charge in [-0.15, -0.1) is 0 Å². The van der Waals surface area contributed by atoms with Gasteiger partial charge in [0.15, 0.2) is 0 Å². The fourth-order valence-corrected chi connectivity index (χ4v) is 4.35. The average Bonchev–Trinajstić information content (AvgIpc) is 3.31. The van der Waals surface area contributed by atoms with Crippen LogP contribution in [0.2, 0.25) is 0 Å². The van der Waals surface area contributed by atoms with E-state index in [-0.39, 0.29) is 23.5 Å². The average molecular weight is 449 g/mol. The van der Waals surface area contributed by atoms with Gasteiger partial charge in [-0.1, -0.05) is 12.8 Å². The Bertz CT molecular complexity index is 686. The highest BCUT2D eigenvalue weighted by molar-refractivity contribution is 5.82. The number of nitrogens with one attached hydrogen (secondary N) is 1. The van der Waals surface area contributed by atoms with E-state index in [9.17, 15) is 22.8 Å². The first-order valence-electron chi connectivity index (χ1n) is 10.7. The zero-order chi connectivity index (χ0) is 22.8. The van der Waals surface area contributed by atoms with Crippen LogP contribution in [0.5, 0.6) is 0 Å². The Labute approximate surface area is 179 Å². The Balaban J connectivity index is 0.000000339. The van der Waals surface area contributed by atoms with Crippen LogP contribution in [-0.2, 0) is 19.1 Å². The molecule has 2 heterocycles. The van der Waals surface area contributed by atoms with Crippen molar-refractivity contribution >= 4 is 17.8 Å². The Morgan fingerprint density at radius 2 is 1.68 bits per heavy atom. The van der Waals surface area contributed by atoms with Crippen molar-refractivity contribution in [2.75, 3.05) is 33.3 Å². The maximum Gasteiger partial charge on any atom is 0.490 e. The van der Waals surface area contributed by atoms with Gasteiger partial charge in [0.1, 0.15) is 11.6 Å². The number of carbonyl (C=O) groups excluding carboxylic acids is 2. The van der Waals surface area contributed by atoms with Crippen LogP contribution in [0.3, 0.4) is 0 Å². The van der Waals surface area contributed by atoms with Crippen LogP contribution in [0.4, 0.5) is 13.2 Å². The molecule has 4 aliphatic rings. The molecule has 1 atom stereocenters. The molecule has 0 radical (unpaired) electrons. The predicted molar refractivity (Wildman–Crippen MR) is 103 cm³/mol. The van der Waals surface area contributed by atoms with E-state index in [4.69, 9.17) is 14.6 Å². The number of carboxylic acid groups (broad SMARTS) is 1. The number of hydrogen-bond donors (Lipinski definition) is 2. The lowest BCUT2D eigenvalue weighted by atomic mass is 9.90. The Morgan fingerprint density at radius 3 is 2.16 bits per heavy atom. The van der Waals surface area contributed by atoms with E-state index >= 15 is 0 Å². The van der Waals surface area contributed by atoms with Crippen molar-refractivity contribution in [2.45, 2.75) is 68.8 Å². The van der Waals surface area contributed by atoms with Crippen LogP contribution >= 0.6 is 0 Å². The van der Waals surface area contributed by atoms with Crippen molar-refractivity contribution in [1.29, 1.82) is 0 Å². The van der Waals surface area contributed by atoms with Crippen LogP contribution in [0.1, 0.15) is 44.9 Å². The van der Waals surface area contributed by atoms with Crippen molar-refractivity contribution in [2.24, 2.45) is 5.92 Å². The highest BCUT2D eigenvalue weighted by atomic mass is 19.4. The summed E-state index contributed by atoms with van der Waals surface area (Å²) in [6.07, 6.45) is 2.68. The second-order valence-corrected chi connectivity index (χ2v) is 9.12. The van der Waals surface area contributed by atoms with E-state index in [1.54, 1.807) is 0 Å². The maximum atomic E-state index is 12.5. The minimum absolute atomic E-state index is 0.0974. The van der Waals surface area contributed by atoms with Gasteiger partial charge in [-0.2, -0.15) is 13.2 Å². The molecule has 11 heteroatoms. The topological polar surface area (TPSA) is 99.2 Å². The molecule has 1 spiro atoms. The zero-order valence-corrected chi connectivity index (χ0v) is 17.6. The van der Waals surface area contributed by atoms with Gasteiger partial charge >= 0.3 is 12.1 Å². The summed E-state index contributed by atoms with van der Waals surface area (Å²) in [4.78, 5) is 37.6. The second kappa shape index (κ2) is 9.32. The van der Waals surface area contributed by atoms with E-state index < -0.39 is 12.1 Å². The molecule has 4 rings (SSSR count). The largest absolute Gasteiger partial charge is 0.490 e. The Kier molecular flexibility index (Phi) is 7.14. The molecule has 0 aromatic rings. The quantitative estimate of drug-likeness (QED) is 0.673. The lowest BCUT2D eigenvalue weighted by Gasteiger charge is -2.54. The van der Waals surface area contributed by atoms with E-state index in [1.165, 1.54) is 25.7 Å². The van der Waals surface area contributed by atoms with Gasteiger partial charge in [-0.3, -0.25) is 14.5 Å². The summed E-state index contributed by atoms with van der Waals surface area (Å²) in [7, 11) is 2.00. The molecule has 2 aliphatic heterocycles. The third-order valence-corrected chi connectivity index (χ3v) is 6.33. The van der Waals surface area contributed by atoms with Gasteiger partial charge < -0.3 is 20.1 Å². The minimum atomic E-state index is -5.08. The number of halogens is 3. The van der Waals surface area contributed by atoms with Crippen molar-refractivity contribution < 1.29 is 37.4 Å². The van der Waals surface area contributed by atoms with Gasteiger partial charge in [0.25, 0.3) is 0 Å². The summed E-state index contributed by atoms with van der Waals surface area (Å²) in [5, 5.41) is 10.3. The van der Waals surface area contributed by atoms with Gasteiger partial charge in [0, 0.05) is 19.0 Å². The number of alkyl halides is 3. The van der Waals surface area contributed by atoms with Crippen LogP contribution in [0.15, 0.2) is 0 Å². The van der Waals surface area contributed by atoms with E-state index in [1.807, 2.05) is 11.9 Å². The summed E-state index contributed by atoms with van der Waals surface area (Å²) < 4.78 is 37.8. The van der Waals surface area contributed by atoms with Crippen molar-refractivity contribution in [3.63, 3.8) is 0 Å². The zero-order valence-electron chi connectivity index (χ0n) is 17.6. The van der Waals surface area contributed by atoms with Crippen LogP contribution in [-0.4, -0.2) is 89.8 Å². The van der Waals surface area contributed by atoms with Crippen LogP contribution in [0.25, 0.3) is 0 Å². The number of nitrogens with zero attached hydrogens (tertiary/aromatic N) is 2. The fourth-order valence-electron chi connectivity index (χ4n) is 4.35. The summed E-state index contributed by atoms with van der Waals surface area (Å²) in [6, 6.07) is 0.147. The molecule has 0 bridgehead atoms. The molecule has 2 amide bonds. The number of rotatable bonds is 4. The molecular formula is C20H30F3N3O5. The third-order valence-electron chi connectivity index (χ3n) is 6.33. The van der Waals surface area contributed by atoms with Crippen LogP contribution in [0, 0.1) is 5.92 Å². The van der Waals surface area contributed by atoms with E-state index in [0.717, 1.165) is 19.4 Å². The van der Waals surface area contributed by atoms with E-state index in [0.29, 0.717) is 38.1 Å². The van der Waals surface area contributed by atoms with Gasteiger partial charge in [0.2, 0.25) is 11.8 Å². The van der Waals surface area contributed by atoms with Crippen molar-refractivity contribution in [1.82, 2.24) is 15.1 Å². The number of likely N-dealkylation sites (N-methyl/N-ethyl adjacent to an activating group) is 1. The number of morpholine rings is 1. The van der Waals surface area contributed by atoms with Gasteiger partial charge in [0.05, 0.1) is 19.7 Å². The number of carbonyl (C=O) groups is 3. The molecule has 0 aromatic heterocycles. The normalized spacial score (nSPS) is 26.1. The van der Waals surface area contributed by atoms with Gasteiger partial charge in [-0.25, -0.2) is 4.79 Å². The number of likely N-dealkylation sites (tertiary alicyclic amines) is 1. The SMILES string of the molecule is CN1CC2(CN(C(=O)CC3CC3)C2)OCC1C(=O)NC1CCCC1.O=C(O)C(F)(F)F. The Morgan fingerprint density at radius 1 is 1.10 bits per heavy atom. The lowest BCUT2D eigenvalue weighted by Crippen LogP contribution is -2.73. The van der Waals surface area contributed by atoms with Crippen molar-refractivity contribution in [3.8, 4) is 0 Å². The number of carboxylic acids is 1. The molecule has 2 N–H and O–H groups in total. The maximum absolute atomic E-state index is 12.5. The molecule has 4 fully saturated rings. The summed E-state index contributed by atoms with van der Waals surface area (Å²) in [6.45, 7) is 2.52. The number of aliphatic carboxylic acids is 1. The standard InChI is InChI=1S/C18H29N3O3.C2HF3O2/c1-20-10-18(11-21(12-18)16(22)8-13-6-7-13)24-9-15(20)17(23)19-14-4-2-3-5-14;3-2(4,5)1(6)7/h13-15H,2-12H2,1H3,(H,19,23);(H,6,7). The van der Waals surface area contributed by atoms with Gasteiger partial charge in [-0.05, 0) is 38.6 Å². The molecule has 31 heavy (non-hydrogen) atoms. The summed E-state index contributed by atoms with van der Waals surface area (Å²) in [5.74, 6) is -1.75. The van der Waals surface area contributed by atoms with E-state index in [2.05, 4.69) is 10.2 Å². The molecule has 2 saturated heterocycles.